The molecule has 0 radical (unpaired) electrons. The largest absolute Gasteiger partial charge is 0.495 e. The summed E-state index contributed by atoms with van der Waals surface area (Å²) in [6.07, 6.45) is 3.52. The molecular formula is C37H49N3O8. The second-order valence-electron chi connectivity index (χ2n) is 12.3. The van der Waals surface area contributed by atoms with Gasteiger partial charge >= 0.3 is 6.09 Å². The van der Waals surface area contributed by atoms with Gasteiger partial charge in [0.05, 0.1) is 37.3 Å². The first kappa shape index (κ1) is 37.7. The average molecular weight is 664 g/mol. The maximum Gasteiger partial charge on any atom is 0.407 e. The van der Waals surface area contributed by atoms with Crippen LogP contribution in [0.25, 0.3) is 0 Å². The molecule has 3 aromatic carbocycles. The Morgan fingerprint density at radius 3 is 2.27 bits per heavy atom. The zero-order valence-corrected chi connectivity index (χ0v) is 28.9. The van der Waals surface area contributed by atoms with Crippen LogP contribution in [-0.2, 0) is 4.74 Å². The number of aliphatic hydroxyl groups is 1. The van der Waals surface area contributed by atoms with Crippen molar-refractivity contribution in [3.63, 3.8) is 0 Å². The minimum Gasteiger partial charge on any atom is -0.495 e. The number of nitrogens with zero attached hydrogens (tertiary/aromatic N) is 1. The van der Waals surface area contributed by atoms with E-state index in [-0.39, 0.29) is 19.1 Å². The van der Waals surface area contributed by atoms with Crippen LogP contribution in [0.5, 0.6) is 17.2 Å². The summed E-state index contributed by atoms with van der Waals surface area (Å²) in [7, 11) is 3.16. The normalized spacial score (nSPS) is 11.0. The number of methoxy groups -OCH3 is 1. The number of alkyl carbamates (subject to hydrolysis) is 1. The number of unbranched alkanes of at least 4 members (excludes halogenated alkanes) is 3. The Hall–Kier alpha value is -4.77. The molecule has 3 rings (SSSR count). The van der Waals surface area contributed by atoms with Crippen molar-refractivity contribution in [1.29, 1.82) is 0 Å². The lowest BCUT2D eigenvalue weighted by Crippen LogP contribution is -2.33. The van der Waals surface area contributed by atoms with Crippen molar-refractivity contribution in [1.82, 2.24) is 5.32 Å². The zero-order chi connectivity index (χ0) is 35.1. The second kappa shape index (κ2) is 18.5. The standard InChI is InChI=1S/C37H49N3O8/c1-26-16-19-30(33(24-26)47-22-12-8-7-11-21-41)40(5)35(43)27-17-18-29(32(25-27)45-6)39-34(42)28-14-9-10-15-31(28)46-23-13-20-38-36(44)48-37(2,3)4/h9-10,14-19,24-25,41H,7-8,11-13,20-23H2,1-6H3,(H,38,44)(H,39,42). The van der Waals surface area contributed by atoms with Crippen LogP contribution in [0.1, 0.15) is 79.2 Å². The van der Waals surface area contributed by atoms with Crippen molar-refractivity contribution in [2.45, 2.75) is 65.4 Å². The highest BCUT2D eigenvalue weighted by Crippen LogP contribution is 2.32. The number of ether oxygens (including phenoxy) is 4. The third kappa shape index (κ3) is 11.8. The Morgan fingerprint density at radius 1 is 0.833 bits per heavy atom. The van der Waals surface area contributed by atoms with Gasteiger partial charge < -0.3 is 39.6 Å². The fourth-order valence-electron chi connectivity index (χ4n) is 4.72. The maximum atomic E-state index is 13.6. The van der Waals surface area contributed by atoms with Gasteiger partial charge in [-0.05, 0) is 101 Å². The lowest BCUT2D eigenvalue weighted by atomic mass is 10.1. The maximum absolute atomic E-state index is 13.6. The van der Waals surface area contributed by atoms with Crippen LogP contribution in [0.2, 0.25) is 0 Å². The molecule has 260 valence electrons. The minimum atomic E-state index is -0.579. The summed E-state index contributed by atoms with van der Waals surface area (Å²) in [4.78, 5) is 40.3. The van der Waals surface area contributed by atoms with Crippen LogP contribution in [0.4, 0.5) is 16.2 Å². The molecular weight excluding hydrogens is 614 g/mol. The van der Waals surface area contributed by atoms with E-state index in [4.69, 9.17) is 24.1 Å². The van der Waals surface area contributed by atoms with Gasteiger partial charge in [0.15, 0.2) is 0 Å². The van der Waals surface area contributed by atoms with E-state index in [9.17, 15) is 14.4 Å². The Kier molecular flexibility index (Phi) is 14.6. The molecule has 0 saturated heterocycles. The SMILES string of the molecule is COc1cc(C(=O)N(C)c2ccc(C)cc2OCCCCCCO)ccc1NC(=O)c1ccccc1OCCCNC(=O)OC(C)(C)C. The Morgan fingerprint density at radius 2 is 1.54 bits per heavy atom. The number of para-hydroxylation sites is 1. The van der Waals surface area contributed by atoms with E-state index in [0.717, 1.165) is 31.2 Å². The van der Waals surface area contributed by atoms with Crippen LogP contribution in [0, 0.1) is 6.92 Å². The summed E-state index contributed by atoms with van der Waals surface area (Å²) in [6.45, 7) is 8.67. The molecule has 11 heteroatoms. The lowest BCUT2D eigenvalue weighted by molar-refractivity contribution is 0.0525. The topological polar surface area (TPSA) is 136 Å². The van der Waals surface area contributed by atoms with Crippen molar-refractivity contribution in [3.8, 4) is 17.2 Å². The number of aliphatic hydroxyl groups excluding tert-OH is 1. The van der Waals surface area contributed by atoms with Crippen molar-refractivity contribution in [2.24, 2.45) is 0 Å². The number of nitrogens with one attached hydrogen (secondary N) is 2. The quantitative estimate of drug-likeness (QED) is 0.135. The molecule has 3 aromatic rings. The molecule has 11 nitrogen and oxygen atoms in total. The predicted molar refractivity (Wildman–Crippen MR) is 187 cm³/mol. The highest BCUT2D eigenvalue weighted by atomic mass is 16.6. The number of aryl methyl sites for hydroxylation is 1. The molecule has 0 aliphatic rings. The number of amides is 3. The van der Waals surface area contributed by atoms with E-state index in [0.29, 0.717) is 59.3 Å². The summed E-state index contributed by atoms with van der Waals surface area (Å²) < 4.78 is 22.7. The van der Waals surface area contributed by atoms with Gasteiger partial charge in [0.2, 0.25) is 0 Å². The molecule has 0 bridgehead atoms. The minimum absolute atomic E-state index is 0.191. The predicted octanol–water partition coefficient (Wildman–Crippen LogP) is 6.76. The van der Waals surface area contributed by atoms with Crippen molar-refractivity contribution in [3.05, 3.63) is 77.4 Å². The lowest BCUT2D eigenvalue weighted by Gasteiger charge is -2.22. The third-order valence-corrected chi connectivity index (χ3v) is 7.17. The Balaban J connectivity index is 1.65. The summed E-state index contributed by atoms with van der Waals surface area (Å²) in [5.74, 6) is 0.634. The van der Waals surface area contributed by atoms with Crippen LogP contribution in [-0.4, -0.2) is 69.1 Å². The molecule has 3 N–H and O–H groups in total. The molecule has 48 heavy (non-hydrogen) atoms. The monoisotopic (exact) mass is 663 g/mol. The van der Waals surface area contributed by atoms with Gasteiger partial charge in [0.25, 0.3) is 11.8 Å². The average Bonchev–Trinajstić information content (AvgIpc) is 3.05. The number of carbonyl (C=O) groups excluding carboxylic acids is 3. The zero-order valence-electron chi connectivity index (χ0n) is 28.9. The molecule has 0 aliphatic heterocycles. The molecule has 0 atom stereocenters. The highest BCUT2D eigenvalue weighted by molar-refractivity contribution is 6.09. The fourth-order valence-corrected chi connectivity index (χ4v) is 4.72. The molecule has 0 unspecified atom stereocenters. The summed E-state index contributed by atoms with van der Waals surface area (Å²) in [6, 6.07) is 17.4. The van der Waals surface area contributed by atoms with Gasteiger partial charge in [-0.3, -0.25) is 9.59 Å². The van der Waals surface area contributed by atoms with Crippen LogP contribution >= 0.6 is 0 Å². The molecule has 0 heterocycles. The molecule has 3 amide bonds. The van der Waals surface area contributed by atoms with E-state index >= 15 is 0 Å². The molecule has 0 aliphatic carbocycles. The van der Waals surface area contributed by atoms with Crippen LogP contribution in [0.3, 0.4) is 0 Å². The first-order valence-corrected chi connectivity index (χ1v) is 16.2. The van der Waals surface area contributed by atoms with Gasteiger partial charge in [0, 0.05) is 25.8 Å². The van der Waals surface area contributed by atoms with Crippen LogP contribution < -0.4 is 29.7 Å². The van der Waals surface area contributed by atoms with Gasteiger partial charge in [0.1, 0.15) is 22.8 Å². The summed E-state index contributed by atoms with van der Waals surface area (Å²) >= 11 is 0. The smallest absolute Gasteiger partial charge is 0.407 e. The van der Waals surface area contributed by atoms with Gasteiger partial charge in [-0.15, -0.1) is 0 Å². The second-order valence-corrected chi connectivity index (χ2v) is 12.3. The molecule has 0 fully saturated rings. The number of hydrogen-bond acceptors (Lipinski definition) is 8. The number of rotatable bonds is 17. The van der Waals surface area contributed by atoms with Gasteiger partial charge in [-0.25, -0.2) is 4.79 Å². The number of anilines is 2. The Labute approximate surface area is 283 Å². The summed E-state index contributed by atoms with van der Waals surface area (Å²) in [5.41, 5.74) is 2.14. The van der Waals surface area contributed by atoms with Crippen molar-refractivity contribution < 1.29 is 38.4 Å². The first-order chi connectivity index (χ1) is 22.9. The molecule has 0 saturated carbocycles. The van der Waals surface area contributed by atoms with E-state index in [1.807, 2.05) is 25.1 Å². The molecule has 0 spiro atoms. The molecule has 0 aromatic heterocycles. The number of benzene rings is 3. The van der Waals surface area contributed by atoms with Gasteiger partial charge in [-0.2, -0.15) is 0 Å². The van der Waals surface area contributed by atoms with Crippen LogP contribution in [0.15, 0.2) is 60.7 Å². The van der Waals surface area contributed by atoms with E-state index in [1.54, 1.807) is 70.3 Å². The van der Waals surface area contributed by atoms with E-state index in [2.05, 4.69) is 10.6 Å². The number of hydrogen-bond donors (Lipinski definition) is 3. The van der Waals surface area contributed by atoms with E-state index in [1.165, 1.54) is 12.0 Å². The van der Waals surface area contributed by atoms with Crippen molar-refractivity contribution in [2.75, 3.05) is 50.7 Å². The van der Waals surface area contributed by atoms with E-state index < -0.39 is 17.6 Å². The Bertz CT molecular complexity index is 1520. The first-order valence-electron chi connectivity index (χ1n) is 16.2. The number of carbonyl (C=O) groups is 3. The highest BCUT2D eigenvalue weighted by Gasteiger charge is 2.21. The van der Waals surface area contributed by atoms with Crippen molar-refractivity contribution >= 4 is 29.3 Å². The summed E-state index contributed by atoms with van der Waals surface area (Å²) in [5, 5.41) is 14.5. The fraction of sp³-hybridized carbons (Fsp3) is 0.432. The third-order valence-electron chi connectivity index (χ3n) is 7.17. The van der Waals surface area contributed by atoms with Gasteiger partial charge in [-0.1, -0.05) is 24.6 Å².